The van der Waals surface area contributed by atoms with Gasteiger partial charge in [0, 0.05) is 18.5 Å². The van der Waals surface area contributed by atoms with Gasteiger partial charge < -0.3 is 10.0 Å². The first-order valence-electron chi connectivity index (χ1n) is 6.49. The predicted octanol–water partition coefficient (Wildman–Crippen LogP) is 2.62. The average molecular weight is 254 g/mol. The summed E-state index contributed by atoms with van der Waals surface area (Å²) in [6.45, 7) is 10.1. The monoisotopic (exact) mass is 254 g/mol. The quantitative estimate of drug-likeness (QED) is 0.847. The lowest BCUT2D eigenvalue weighted by molar-refractivity contribution is 0.0774. The SMILES string of the molecule is CCN(CC(C)C(O)c1ccc(F)cn1)C(C)C. The van der Waals surface area contributed by atoms with Crippen LogP contribution in [0.25, 0.3) is 0 Å². The fourth-order valence-electron chi connectivity index (χ4n) is 2.03. The number of pyridine rings is 1. The van der Waals surface area contributed by atoms with Crippen LogP contribution in [-0.2, 0) is 0 Å². The molecule has 2 atom stereocenters. The lowest BCUT2D eigenvalue weighted by Crippen LogP contribution is -2.36. The van der Waals surface area contributed by atoms with Crippen molar-refractivity contribution in [3.8, 4) is 0 Å². The van der Waals surface area contributed by atoms with Crippen LogP contribution in [0.15, 0.2) is 18.3 Å². The van der Waals surface area contributed by atoms with E-state index in [0.29, 0.717) is 11.7 Å². The maximum Gasteiger partial charge on any atom is 0.141 e. The van der Waals surface area contributed by atoms with Crippen LogP contribution in [0.3, 0.4) is 0 Å². The van der Waals surface area contributed by atoms with Crippen molar-refractivity contribution in [1.29, 1.82) is 0 Å². The van der Waals surface area contributed by atoms with E-state index in [4.69, 9.17) is 0 Å². The third-order valence-corrected chi connectivity index (χ3v) is 3.25. The highest BCUT2D eigenvalue weighted by Crippen LogP contribution is 2.21. The van der Waals surface area contributed by atoms with Crippen molar-refractivity contribution >= 4 is 0 Å². The molecule has 0 aliphatic heterocycles. The van der Waals surface area contributed by atoms with E-state index in [9.17, 15) is 9.50 Å². The first kappa shape index (κ1) is 15.1. The first-order chi connectivity index (χ1) is 8.45. The van der Waals surface area contributed by atoms with Crippen molar-refractivity contribution in [1.82, 2.24) is 9.88 Å². The van der Waals surface area contributed by atoms with Crippen LogP contribution >= 0.6 is 0 Å². The molecule has 3 nitrogen and oxygen atoms in total. The summed E-state index contributed by atoms with van der Waals surface area (Å²) in [7, 11) is 0. The van der Waals surface area contributed by atoms with E-state index in [-0.39, 0.29) is 11.7 Å². The van der Waals surface area contributed by atoms with Crippen LogP contribution in [0.5, 0.6) is 0 Å². The zero-order chi connectivity index (χ0) is 13.7. The molecular formula is C14H23FN2O. The summed E-state index contributed by atoms with van der Waals surface area (Å²) in [4.78, 5) is 6.22. The molecule has 4 heteroatoms. The Morgan fingerprint density at radius 1 is 1.33 bits per heavy atom. The molecule has 1 aromatic rings. The molecule has 0 saturated heterocycles. The minimum absolute atomic E-state index is 0.0605. The third kappa shape index (κ3) is 4.03. The van der Waals surface area contributed by atoms with Crippen LogP contribution in [0.2, 0.25) is 0 Å². The van der Waals surface area contributed by atoms with Crippen molar-refractivity contribution < 1.29 is 9.50 Å². The number of hydrogen-bond acceptors (Lipinski definition) is 3. The fourth-order valence-corrected chi connectivity index (χ4v) is 2.03. The van der Waals surface area contributed by atoms with Crippen molar-refractivity contribution in [2.45, 2.75) is 39.8 Å². The summed E-state index contributed by atoms with van der Waals surface area (Å²) in [5, 5.41) is 10.2. The normalized spacial score (nSPS) is 15.1. The number of aliphatic hydroxyl groups excluding tert-OH is 1. The average Bonchev–Trinajstić information content (AvgIpc) is 2.35. The van der Waals surface area contributed by atoms with Crippen LogP contribution in [0.1, 0.15) is 39.5 Å². The van der Waals surface area contributed by atoms with Gasteiger partial charge in [0.1, 0.15) is 5.82 Å². The van der Waals surface area contributed by atoms with Gasteiger partial charge in [-0.05, 0) is 32.5 Å². The Balaban J connectivity index is 2.65. The van der Waals surface area contributed by atoms with E-state index >= 15 is 0 Å². The molecule has 0 spiro atoms. The number of aliphatic hydroxyl groups is 1. The van der Waals surface area contributed by atoms with Gasteiger partial charge in [0.15, 0.2) is 0 Å². The number of rotatable bonds is 6. The summed E-state index contributed by atoms with van der Waals surface area (Å²) in [6.07, 6.45) is 0.490. The third-order valence-electron chi connectivity index (χ3n) is 3.25. The zero-order valence-electron chi connectivity index (χ0n) is 11.6. The molecule has 0 fully saturated rings. The van der Waals surface area contributed by atoms with E-state index in [1.807, 2.05) is 6.92 Å². The van der Waals surface area contributed by atoms with Crippen molar-refractivity contribution in [2.75, 3.05) is 13.1 Å². The van der Waals surface area contributed by atoms with Gasteiger partial charge in [-0.2, -0.15) is 0 Å². The van der Waals surface area contributed by atoms with Crippen LogP contribution in [0, 0.1) is 11.7 Å². The van der Waals surface area contributed by atoms with E-state index < -0.39 is 6.10 Å². The van der Waals surface area contributed by atoms with Gasteiger partial charge in [-0.1, -0.05) is 13.8 Å². The number of nitrogens with zero attached hydrogens (tertiary/aromatic N) is 2. The van der Waals surface area contributed by atoms with Gasteiger partial charge in [0.25, 0.3) is 0 Å². The number of hydrogen-bond donors (Lipinski definition) is 1. The van der Waals surface area contributed by atoms with Crippen LogP contribution in [0.4, 0.5) is 4.39 Å². The molecule has 0 aromatic carbocycles. The summed E-state index contributed by atoms with van der Waals surface area (Å²) < 4.78 is 12.8. The van der Waals surface area contributed by atoms with Crippen molar-refractivity contribution in [3.05, 3.63) is 29.8 Å². The largest absolute Gasteiger partial charge is 0.386 e. The molecule has 0 bridgehead atoms. The molecule has 1 N–H and O–H groups in total. The van der Waals surface area contributed by atoms with Crippen molar-refractivity contribution in [3.63, 3.8) is 0 Å². The molecule has 2 unspecified atom stereocenters. The van der Waals surface area contributed by atoms with Gasteiger partial charge >= 0.3 is 0 Å². The maximum atomic E-state index is 12.8. The first-order valence-corrected chi connectivity index (χ1v) is 6.49. The highest BCUT2D eigenvalue weighted by molar-refractivity contribution is 5.08. The molecule has 0 aliphatic carbocycles. The van der Waals surface area contributed by atoms with E-state index in [0.717, 1.165) is 19.3 Å². The summed E-state index contributed by atoms with van der Waals surface area (Å²) in [5.74, 6) is -0.318. The molecule has 0 aliphatic rings. The summed E-state index contributed by atoms with van der Waals surface area (Å²) >= 11 is 0. The van der Waals surface area contributed by atoms with E-state index in [1.54, 1.807) is 6.07 Å². The zero-order valence-corrected chi connectivity index (χ0v) is 11.6. The smallest absolute Gasteiger partial charge is 0.141 e. The van der Waals surface area contributed by atoms with Gasteiger partial charge in [0.05, 0.1) is 18.0 Å². The van der Waals surface area contributed by atoms with Gasteiger partial charge in [-0.3, -0.25) is 4.98 Å². The summed E-state index contributed by atoms with van der Waals surface area (Å²) in [6, 6.07) is 3.33. The topological polar surface area (TPSA) is 36.4 Å². The maximum absolute atomic E-state index is 12.8. The predicted molar refractivity (Wildman–Crippen MR) is 70.7 cm³/mol. The Kier molecular flexibility index (Phi) is 5.69. The van der Waals surface area contributed by atoms with E-state index in [2.05, 4.69) is 30.7 Å². The Labute approximate surface area is 109 Å². The van der Waals surface area contributed by atoms with Gasteiger partial charge in [0.2, 0.25) is 0 Å². The van der Waals surface area contributed by atoms with Gasteiger partial charge in [-0.25, -0.2) is 4.39 Å². The molecule has 102 valence electrons. The molecule has 0 amide bonds. The minimum atomic E-state index is -0.654. The molecular weight excluding hydrogens is 231 g/mol. The number of aromatic nitrogens is 1. The Hall–Kier alpha value is -1.00. The van der Waals surface area contributed by atoms with E-state index in [1.165, 1.54) is 6.07 Å². The van der Waals surface area contributed by atoms with Crippen LogP contribution < -0.4 is 0 Å². The number of halogens is 1. The lowest BCUT2D eigenvalue weighted by atomic mass is 10.00. The molecule has 1 aromatic heterocycles. The Morgan fingerprint density at radius 2 is 2.00 bits per heavy atom. The highest BCUT2D eigenvalue weighted by atomic mass is 19.1. The molecule has 1 heterocycles. The Morgan fingerprint density at radius 3 is 2.44 bits per heavy atom. The highest BCUT2D eigenvalue weighted by Gasteiger charge is 2.21. The second-order valence-electron chi connectivity index (χ2n) is 5.00. The molecule has 18 heavy (non-hydrogen) atoms. The Bertz CT molecular complexity index is 353. The minimum Gasteiger partial charge on any atom is -0.386 e. The fraction of sp³-hybridized carbons (Fsp3) is 0.643. The lowest BCUT2D eigenvalue weighted by Gasteiger charge is -2.29. The second kappa shape index (κ2) is 6.81. The van der Waals surface area contributed by atoms with Gasteiger partial charge in [-0.15, -0.1) is 0 Å². The molecule has 0 radical (unpaired) electrons. The molecule has 0 saturated carbocycles. The summed E-state index contributed by atoms with van der Waals surface area (Å²) in [5.41, 5.74) is 0.531. The molecule has 1 rings (SSSR count). The second-order valence-corrected chi connectivity index (χ2v) is 5.00. The van der Waals surface area contributed by atoms with Crippen LogP contribution in [-0.4, -0.2) is 34.1 Å². The standard InChI is InChI=1S/C14H23FN2O/c1-5-17(10(2)3)9-11(4)14(18)13-7-6-12(15)8-16-13/h6-8,10-11,14,18H,5,9H2,1-4H3. The van der Waals surface area contributed by atoms with Crippen molar-refractivity contribution in [2.24, 2.45) is 5.92 Å².